The van der Waals surface area contributed by atoms with Gasteiger partial charge in [-0.3, -0.25) is 4.68 Å². The van der Waals surface area contributed by atoms with E-state index in [-0.39, 0.29) is 0 Å². The molecule has 0 aromatic carbocycles. The second-order valence-corrected chi connectivity index (χ2v) is 4.11. The summed E-state index contributed by atoms with van der Waals surface area (Å²) in [6, 6.07) is 2.42. The highest BCUT2D eigenvalue weighted by Gasteiger charge is 2.29. The Morgan fingerprint density at radius 3 is 2.85 bits per heavy atom. The van der Waals surface area contributed by atoms with E-state index in [0.29, 0.717) is 6.04 Å². The number of aliphatic hydroxyl groups excluding tert-OH is 1. The second kappa shape index (κ2) is 3.14. The smallest absolute Gasteiger partial charge is 0.0928 e. The van der Waals surface area contributed by atoms with E-state index in [1.807, 2.05) is 10.7 Å². The van der Waals surface area contributed by atoms with Gasteiger partial charge in [0.05, 0.1) is 17.8 Å². The molecule has 1 fully saturated rings. The zero-order valence-corrected chi connectivity index (χ0v) is 8.14. The maximum atomic E-state index is 9.47. The summed E-state index contributed by atoms with van der Waals surface area (Å²) < 4.78 is 1.98. The molecule has 0 bridgehead atoms. The molecule has 0 spiro atoms. The van der Waals surface area contributed by atoms with Crippen molar-refractivity contribution in [1.29, 1.82) is 0 Å². The minimum absolute atomic E-state index is 0.404. The molecule has 0 amide bonds. The van der Waals surface area contributed by atoms with Crippen molar-refractivity contribution in [3.8, 4) is 0 Å². The van der Waals surface area contributed by atoms with Crippen molar-refractivity contribution in [2.75, 3.05) is 0 Å². The van der Waals surface area contributed by atoms with E-state index in [2.05, 4.69) is 12.0 Å². The van der Waals surface area contributed by atoms with Gasteiger partial charge in [0.15, 0.2) is 0 Å². The van der Waals surface area contributed by atoms with Crippen LogP contribution in [0.5, 0.6) is 0 Å². The molecule has 0 unspecified atom stereocenters. The van der Waals surface area contributed by atoms with Crippen molar-refractivity contribution >= 4 is 0 Å². The van der Waals surface area contributed by atoms with Crippen molar-refractivity contribution in [3.63, 3.8) is 0 Å². The van der Waals surface area contributed by atoms with Gasteiger partial charge in [0.2, 0.25) is 0 Å². The SMILES string of the molecule is C[C@@H](O)c1ccnn1[C@H]1C[C@H](C)C1. The average Bonchev–Trinajstić information content (AvgIpc) is 2.45. The summed E-state index contributed by atoms with van der Waals surface area (Å²) in [4.78, 5) is 0. The Labute approximate surface area is 78.4 Å². The summed E-state index contributed by atoms with van der Waals surface area (Å²) in [5, 5.41) is 13.7. The maximum Gasteiger partial charge on any atom is 0.0928 e. The third-order valence-electron chi connectivity index (χ3n) is 2.82. The third kappa shape index (κ3) is 1.48. The van der Waals surface area contributed by atoms with Crippen LogP contribution >= 0.6 is 0 Å². The molecule has 2 rings (SSSR count). The van der Waals surface area contributed by atoms with Crippen molar-refractivity contribution < 1.29 is 5.11 Å². The van der Waals surface area contributed by atoms with Gasteiger partial charge in [-0.1, -0.05) is 6.92 Å². The van der Waals surface area contributed by atoms with E-state index in [4.69, 9.17) is 0 Å². The van der Waals surface area contributed by atoms with Crippen LogP contribution in [0.3, 0.4) is 0 Å². The summed E-state index contributed by atoms with van der Waals surface area (Å²) in [7, 11) is 0. The molecular formula is C10H16N2O. The van der Waals surface area contributed by atoms with Crippen LogP contribution in [0.25, 0.3) is 0 Å². The lowest BCUT2D eigenvalue weighted by atomic mass is 9.82. The molecule has 0 aliphatic heterocycles. The van der Waals surface area contributed by atoms with Gasteiger partial charge < -0.3 is 5.11 Å². The van der Waals surface area contributed by atoms with Gasteiger partial charge in [-0.25, -0.2) is 0 Å². The lowest BCUT2D eigenvalue weighted by Gasteiger charge is -2.34. The van der Waals surface area contributed by atoms with Gasteiger partial charge >= 0.3 is 0 Å². The van der Waals surface area contributed by atoms with Gasteiger partial charge in [-0.2, -0.15) is 5.10 Å². The van der Waals surface area contributed by atoms with Crippen molar-refractivity contribution in [2.45, 2.75) is 38.8 Å². The van der Waals surface area contributed by atoms with Crippen LogP contribution in [0.2, 0.25) is 0 Å². The van der Waals surface area contributed by atoms with Crippen molar-refractivity contribution in [1.82, 2.24) is 9.78 Å². The number of rotatable bonds is 2. The van der Waals surface area contributed by atoms with E-state index in [1.54, 1.807) is 13.1 Å². The Kier molecular flexibility index (Phi) is 2.12. The predicted molar refractivity (Wildman–Crippen MR) is 50.3 cm³/mol. The van der Waals surface area contributed by atoms with E-state index in [9.17, 15) is 5.11 Å². The van der Waals surface area contributed by atoms with E-state index < -0.39 is 6.10 Å². The molecule has 0 saturated heterocycles. The fraction of sp³-hybridized carbons (Fsp3) is 0.700. The topological polar surface area (TPSA) is 38.1 Å². The zero-order chi connectivity index (χ0) is 9.42. The monoisotopic (exact) mass is 180 g/mol. The summed E-state index contributed by atoms with van der Waals surface area (Å²) in [5.74, 6) is 0.816. The molecular weight excluding hydrogens is 164 g/mol. The van der Waals surface area contributed by atoms with Gasteiger partial charge in [0.1, 0.15) is 0 Å². The summed E-state index contributed by atoms with van der Waals surface area (Å²) in [5.41, 5.74) is 0.942. The number of hydrogen-bond acceptors (Lipinski definition) is 2. The van der Waals surface area contributed by atoms with Gasteiger partial charge in [0, 0.05) is 6.20 Å². The second-order valence-electron chi connectivity index (χ2n) is 4.11. The minimum Gasteiger partial charge on any atom is -0.387 e. The Morgan fingerprint density at radius 2 is 2.31 bits per heavy atom. The van der Waals surface area contributed by atoms with Gasteiger partial charge in [-0.15, -0.1) is 0 Å². The number of hydrogen-bond donors (Lipinski definition) is 1. The Hall–Kier alpha value is -0.830. The van der Waals surface area contributed by atoms with Crippen molar-refractivity contribution in [2.24, 2.45) is 5.92 Å². The Balaban J connectivity index is 2.16. The number of aromatic nitrogens is 2. The number of nitrogens with zero attached hydrogens (tertiary/aromatic N) is 2. The molecule has 1 aliphatic rings. The molecule has 1 saturated carbocycles. The highest BCUT2D eigenvalue weighted by Crippen LogP contribution is 2.38. The zero-order valence-electron chi connectivity index (χ0n) is 8.14. The standard InChI is InChI=1S/C10H16N2O/c1-7-5-9(6-7)12-10(8(2)13)3-4-11-12/h3-4,7-9,13H,5-6H2,1-2H3/t7-,8-,9-/m1/s1. The van der Waals surface area contributed by atoms with E-state index >= 15 is 0 Å². The summed E-state index contributed by atoms with van der Waals surface area (Å²) in [6.07, 6.45) is 3.76. The fourth-order valence-electron chi connectivity index (χ4n) is 2.02. The Morgan fingerprint density at radius 1 is 1.62 bits per heavy atom. The molecule has 72 valence electrons. The first kappa shape index (κ1) is 8.75. The molecule has 1 aromatic heterocycles. The van der Waals surface area contributed by atoms with Gasteiger partial charge in [0.25, 0.3) is 0 Å². The van der Waals surface area contributed by atoms with Crippen LogP contribution in [-0.4, -0.2) is 14.9 Å². The summed E-state index contributed by atoms with van der Waals surface area (Å²) >= 11 is 0. The van der Waals surface area contributed by atoms with Crippen LogP contribution in [0, 0.1) is 5.92 Å². The largest absolute Gasteiger partial charge is 0.387 e. The Bertz CT molecular complexity index is 287. The average molecular weight is 180 g/mol. The van der Waals surface area contributed by atoms with Crippen LogP contribution in [-0.2, 0) is 0 Å². The predicted octanol–water partition coefficient (Wildman–Crippen LogP) is 1.91. The van der Waals surface area contributed by atoms with Crippen LogP contribution in [0.4, 0.5) is 0 Å². The first-order chi connectivity index (χ1) is 6.18. The lowest BCUT2D eigenvalue weighted by Crippen LogP contribution is -2.27. The highest BCUT2D eigenvalue weighted by molar-refractivity contribution is 5.06. The molecule has 13 heavy (non-hydrogen) atoms. The van der Waals surface area contributed by atoms with Crippen LogP contribution in [0.1, 0.15) is 44.5 Å². The normalized spacial score (nSPS) is 29.8. The fourth-order valence-corrected chi connectivity index (χ4v) is 2.02. The summed E-state index contributed by atoms with van der Waals surface area (Å²) in [6.45, 7) is 4.04. The molecule has 1 aromatic rings. The van der Waals surface area contributed by atoms with E-state index in [0.717, 1.165) is 11.6 Å². The molecule has 3 heteroatoms. The molecule has 1 atom stereocenters. The lowest BCUT2D eigenvalue weighted by molar-refractivity contribution is 0.153. The molecule has 3 nitrogen and oxygen atoms in total. The first-order valence-corrected chi connectivity index (χ1v) is 4.90. The van der Waals surface area contributed by atoms with Crippen LogP contribution in [0.15, 0.2) is 12.3 Å². The third-order valence-corrected chi connectivity index (χ3v) is 2.82. The van der Waals surface area contributed by atoms with E-state index in [1.165, 1.54) is 12.8 Å². The van der Waals surface area contributed by atoms with Gasteiger partial charge in [-0.05, 0) is 31.7 Å². The molecule has 0 radical (unpaired) electrons. The van der Waals surface area contributed by atoms with Crippen LogP contribution < -0.4 is 0 Å². The molecule has 1 N–H and O–H groups in total. The first-order valence-electron chi connectivity index (χ1n) is 4.90. The number of aliphatic hydroxyl groups is 1. The molecule has 1 heterocycles. The highest BCUT2D eigenvalue weighted by atomic mass is 16.3. The maximum absolute atomic E-state index is 9.47. The quantitative estimate of drug-likeness (QED) is 0.755. The molecule has 1 aliphatic carbocycles. The minimum atomic E-state index is -0.404. The van der Waals surface area contributed by atoms with Crippen molar-refractivity contribution in [3.05, 3.63) is 18.0 Å².